The summed E-state index contributed by atoms with van der Waals surface area (Å²) < 4.78 is 74.4. The summed E-state index contributed by atoms with van der Waals surface area (Å²) in [5.74, 6) is 0.232. The molecule has 0 unspecified atom stereocenters. The van der Waals surface area contributed by atoms with Crippen LogP contribution in [-0.4, -0.2) is 19.2 Å². The van der Waals surface area contributed by atoms with Crippen molar-refractivity contribution in [3.63, 3.8) is 0 Å². The molecule has 0 atom stereocenters. The van der Waals surface area contributed by atoms with Crippen LogP contribution < -0.4 is 4.18 Å². The van der Waals surface area contributed by atoms with Gasteiger partial charge >= 0.3 is 16.3 Å². The molecule has 0 spiro atoms. The normalized spacial score (nSPS) is 12.0. The molecule has 0 fully saturated rings. The minimum atomic E-state index is -4.69. The number of nitrogens with zero attached hydrogens (tertiary/aromatic N) is 1. The number of carbonyl (C=O) groups is 1. The summed E-state index contributed by atoms with van der Waals surface area (Å²) in [7, 11) is -4.50. The molecule has 0 aliphatic carbocycles. The number of rotatable bonds is 9. The summed E-state index contributed by atoms with van der Waals surface area (Å²) >= 11 is 0. The number of halogens is 3. The van der Waals surface area contributed by atoms with Gasteiger partial charge < -0.3 is 13.5 Å². The lowest BCUT2D eigenvalue weighted by Crippen LogP contribution is -2.28. The number of alkyl halides is 3. The lowest BCUT2D eigenvalue weighted by Gasteiger charge is -2.20. The van der Waals surface area contributed by atoms with Crippen molar-refractivity contribution in [3.05, 3.63) is 126 Å². The maximum atomic E-state index is 13.0. The Kier molecular flexibility index (Phi) is 8.02. The van der Waals surface area contributed by atoms with Gasteiger partial charge in [-0.3, -0.25) is 4.79 Å². The fourth-order valence-corrected chi connectivity index (χ4v) is 4.49. The van der Waals surface area contributed by atoms with E-state index >= 15 is 0 Å². The highest BCUT2D eigenvalue weighted by atomic mass is 32.2. The highest BCUT2D eigenvalue weighted by molar-refractivity contribution is 7.87. The Morgan fingerprint density at radius 2 is 1.63 bits per heavy atom. The van der Waals surface area contributed by atoms with Crippen molar-refractivity contribution in [1.29, 1.82) is 0 Å². The average Bonchev–Trinajstić information content (AvgIpc) is 3.41. The molecule has 38 heavy (non-hydrogen) atoms. The summed E-state index contributed by atoms with van der Waals surface area (Å²) in [6.45, 7) is 0.381. The fraction of sp³-hybridized carbons (Fsp3) is 0.107. The van der Waals surface area contributed by atoms with E-state index in [0.717, 1.165) is 23.8 Å². The third-order valence-corrected chi connectivity index (χ3v) is 6.65. The first-order valence-corrected chi connectivity index (χ1v) is 12.8. The van der Waals surface area contributed by atoms with Crippen molar-refractivity contribution in [1.82, 2.24) is 4.90 Å². The van der Waals surface area contributed by atoms with Crippen LogP contribution in [0, 0.1) is 0 Å². The molecule has 1 heterocycles. The SMILES string of the molecule is O=C(/C=C/c1ccccc1)N(Cc1ccc(OS(=O)(=O)c2cccc(C(F)(F)F)c2)cc1)Cc1ccco1. The van der Waals surface area contributed by atoms with E-state index in [9.17, 15) is 26.4 Å². The lowest BCUT2D eigenvalue weighted by molar-refractivity contribution is -0.137. The van der Waals surface area contributed by atoms with Gasteiger partial charge in [0.25, 0.3) is 0 Å². The zero-order valence-electron chi connectivity index (χ0n) is 19.8. The first kappa shape index (κ1) is 26.7. The Labute approximate surface area is 217 Å². The van der Waals surface area contributed by atoms with E-state index in [4.69, 9.17) is 8.60 Å². The molecule has 1 aromatic heterocycles. The van der Waals surface area contributed by atoms with Gasteiger partial charge in [0.2, 0.25) is 5.91 Å². The quantitative estimate of drug-likeness (QED) is 0.183. The molecule has 4 aromatic rings. The van der Waals surface area contributed by atoms with E-state index in [1.165, 1.54) is 24.5 Å². The maximum absolute atomic E-state index is 13.0. The summed E-state index contributed by atoms with van der Waals surface area (Å²) in [6.07, 6.45) is -0.0262. The molecule has 4 rings (SSSR count). The third-order valence-electron chi connectivity index (χ3n) is 5.41. The monoisotopic (exact) mass is 541 g/mol. The molecule has 196 valence electrons. The van der Waals surface area contributed by atoms with Crippen LogP contribution in [0.3, 0.4) is 0 Å². The zero-order valence-corrected chi connectivity index (χ0v) is 20.7. The zero-order chi connectivity index (χ0) is 27.2. The largest absolute Gasteiger partial charge is 0.467 e. The number of hydrogen-bond donors (Lipinski definition) is 0. The average molecular weight is 542 g/mol. The van der Waals surface area contributed by atoms with Gasteiger partial charge in [-0.15, -0.1) is 0 Å². The minimum Gasteiger partial charge on any atom is -0.467 e. The molecule has 0 aliphatic rings. The van der Waals surface area contributed by atoms with Crippen LogP contribution in [0.1, 0.15) is 22.5 Å². The Hall–Kier alpha value is -4.31. The van der Waals surface area contributed by atoms with E-state index < -0.39 is 26.8 Å². The second-order valence-corrected chi connectivity index (χ2v) is 9.77. The van der Waals surface area contributed by atoms with Crippen LogP contribution in [-0.2, 0) is 34.2 Å². The molecule has 1 amide bonds. The summed E-state index contributed by atoms with van der Waals surface area (Å²) in [5.41, 5.74) is 0.435. The van der Waals surface area contributed by atoms with Gasteiger partial charge in [0.05, 0.1) is 18.4 Å². The van der Waals surface area contributed by atoms with Gasteiger partial charge in [-0.25, -0.2) is 0 Å². The molecular weight excluding hydrogens is 519 g/mol. The molecular formula is C28H22F3NO5S. The Morgan fingerprint density at radius 3 is 2.29 bits per heavy atom. The van der Waals surface area contributed by atoms with E-state index in [2.05, 4.69) is 0 Å². The minimum absolute atomic E-state index is 0.0842. The third kappa shape index (κ3) is 7.13. The lowest BCUT2D eigenvalue weighted by atomic mass is 10.2. The van der Waals surface area contributed by atoms with E-state index in [0.29, 0.717) is 17.4 Å². The summed E-state index contributed by atoms with van der Waals surface area (Å²) in [5, 5.41) is 0. The standard InChI is InChI=1S/C28H22F3NO5S/c29-28(30,31)23-8-4-10-26(18-23)38(34,35)37-24-14-11-22(12-15-24)19-32(20-25-9-5-17-36-25)27(33)16-13-21-6-2-1-3-7-21/h1-18H,19-20H2/b16-13+. The predicted molar refractivity (Wildman–Crippen MR) is 134 cm³/mol. The second kappa shape index (κ2) is 11.4. The molecule has 0 saturated carbocycles. The van der Waals surface area contributed by atoms with Crippen molar-refractivity contribution >= 4 is 22.1 Å². The van der Waals surface area contributed by atoms with Crippen LogP contribution in [0.4, 0.5) is 13.2 Å². The molecule has 0 radical (unpaired) electrons. The highest BCUT2D eigenvalue weighted by Crippen LogP contribution is 2.31. The van der Waals surface area contributed by atoms with Crippen LogP contribution >= 0.6 is 0 Å². The van der Waals surface area contributed by atoms with Gasteiger partial charge in [-0.1, -0.05) is 48.5 Å². The van der Waals surface area contributed by atoms with Crippen molar-refractivity contribution in [2.75, 3.05) is 0 Å². The van der Waals surface area contributed by atoms with Crippen LogP contribution in [0.25, 0.3) is 6.08 Å². The second-order valence-electron chi connectivity index (χ2n) is 8.22. The van der Waals surface area contributed by atoms with Crippen molar-refractivity contribution in [3.8, 4) is 5.75 Å². The van der Waals surface area contributed by atoms with Crippen molar-refractivity contribution in [2.45, 2.75) is 24.2 Å². The van der Waals surface area contributed by atoms with Gasteiger partial charge in [-0.2, -0.15) is 21.6 Å². The van der Waals surface area contributed by atoms with Crippen LogP contribution in [0.15, 0.2) is 113 Å². The molecule has 6 nitrogen and oxygen atoms in total. The van der Waals surface area contributed by atoms with Crippen molar-refractivity contribution in [2.24, 2.45) is 0 Å². The smallest absolute Gasteiger partial charge is 0.416 e. The fourth-order valence-electron chi connectivity index (χ4n) is 3.51. The Morgan fingerprint density at radius 1 is 0.895 bits per heavy atom. The summed E-state index contributed by atoms with van der Waals surface area (Å²) in [4.78, 5) is 13.9. The molecule has 10 heteroatoms. The predicted octanol–water partition coefficient (Wildman–Crippen LogP) is 6.31. The number of amides is 1. The summed E-state index contributed by atoms with van der Waals surface area (Å²) in [6, 6.07) is 22.0. The van der Waals surface area contributed by atoms with E-state index in [1.54, 1.807) is 35.2 Å². The van der Waals surface area contributed by atoms with Crippen LogP contribution in [0.5, 0.6) is 5.75 Å². The number of carbonyl (C=O) groups excluding carboxylic acids is 1. The molecule has 0 aliphatic heterocycles. The molecule has 0 N–H and O–H groups in total. The molecule has 3 aromatic carbocycles. The number of benzene rings is 3. The van der Waals surface area contributed by atoms with Gasteiger partial charge in [0.15, 0.2) is 0 Å². The topological polar surface area (TPSA) is 76.8 Å². The van der Waals surface area contributed by atoms with Crippen molar-refractivity contribution < 1.29 is 35.0 Å². The Balaban J connectivity index is 1.48. The first-order chi connectivity index (χ1) is 18.1. The van der Waals surface area contributed by atoms with E-state index in [-0.39, 0.29) is 24.7 Å². The number of furan rings is 1. The number of hydrogen-bond acceptors (Lipinski definition) is 5. The Bertz CT molecular complexity index is 1500. The van der Waals surface area contributed by atoms with Crippen LogP contribution in [0.2, 0.25) is 0 Å². The van der Waals surface area contributed by atoms with E-state index in [1.807, 2.05) is 30.3 Å². The van der Waals surface area contributed by atoms with Gasteiger partial charge in [0, 0.05) is 12.6 Å². The van der Waals surface area contributed by atoms with Gasteiger partial charge in [0.1, 0.15) is 16.4 Å². The highest BCUT2D eigenvalue weighted by Gasteiger charge is 2.32. The maximum Gasteiger partial charge on any atom is 0.416 e. The molecule has 0 bridgehead atoms. The van der Waals surface area contributed by atoms with Gasteiger partial charge in [-0.05, 0) is 59.7 Å². The first-order valence-electron chi connectivity index (χ1n) is 11.4. The molecule has 0 saturated heterocycles.